The Labute approximate surface area is 191 Å². The smallest absolute Gasteiger partial charge is 0.246 e. The summed E-state index contributed by atoms with van der Waals surface area (Å²) < 4.78 is 13.5. The van der Waals surface area contributed by atoms with Gasteiger partial charge in [0, 0.05) is 29.3 Å². The number of amides is 2. The van der Waals surface area contributed by atoms with Crippen molar-refractivity contribution >= 4 is 59.4 Å². The maximum Gasteiger partial charge on any atom is 0.246 e. The first kappa shape index (κ1) is 26.4. The highest BCUT2D eigenvalue weighted by Gasteiger charge is 2.10. The number of rotatable bonds is 14. The van der Waals surface area contributed by atoms with Gasteiger partial charge in [0.25, 0.3) is 0 Å². The molecule has 0 aliphatic carbocycles. The summed E-state index contributed by atoms with van der Waals surface area (Å²) in [5, 5.41) is 8.00. The van der Waals surface area contributed by atoms with Gasteiger partial charge in [-0.15, -0.1) is 0 Å². The van der Waals surface area contributed by atoms with Gasteiger partial charge in [-0.1, -0.05) is 29.3 Å². The average Bonchev–Trinajstić information content (AvgIpc) is 2.72. The predicted octanol–water partition coefficient (Wildman–Crippen LogP) is 3.35. The van der Waals surface area contributed by atoms with Crippen molar-refractivity contribution in [1.82, 2.24) is 9.73 Å². The summed E-state index contributed by atoms with van der Waals surface area (Å²) in [5.41, 5.74) is 1.67. The zero-order valence-corrected chi connectivity index (χ0v) is 19.4. The van der Waals surface area contributed by atoms with Crippen molar-refractivity contribution < 1.29 is 19.1 Å². The fourth-order valence-corrected chi connectivity index (χ4v) is 2.79. The molecule has 0 aliphatic heterocycles. The number of ether oxygens (including phenoxy) is 2. The predicted molar refractivity (Wildman–Crippen MR) is 122 cm³/mol. The van der Waals surface area contributed by atoms with Gasteiger partial charge in [-0.3, -0.25) is 14.3 Å². The molecule has 0 fully saturated rings. The number of carbonyl (C=O) groups excluding carboxylic acids is 2. The minimum Gasteiger partial charge on any atom is -0.382 e. The number of nitrogens with one attached hydrogen (secondary N) is 2. The van der Waals surface area contributed by atoms with Gasteiger partial charge in [-0.2, -0.15) is 5.10 Å². The standard InChI is InChI=1S/C19H26Cl2N4O4S/c1-14-4-5-16(10-18(14)30-23-6-7-29-9-8-28-3)24-19(27)12-25(13-26)22-11-17(21)15(2)20/h4-5,10-11,13,23H,6-9,12H2,1-3H3,(H,24,27)/b17-15-,22-11-. The molecular weight excluding hydrogens is 451 g/mol. The van der Waals surface area contributed by atoms with Crippen LogP contribution in [0.2, 0.25) is 0 Å². The van der Waals surface area contributed by atoms with Gasteiger partial charge in [0.2, 0.25) is 12.3 Å². The molecule has 1 aromatic carbocycles. The summed E-state index contributed by atoms with van der Waals surface area (Å²) in [6, 6.07) is 5.54. The highest BCUT2D eigenvalue weighted by Crippen LogP contribution is 2.23. The van der Waals surface area contributed by atoms with Gasteiger partial charge in [0.05, 0.1) is 31.1 Å². The number of halogens is 2. The Morgan fingerprint density at radius 2 is 2.07 bits per heavy atom. The second-order valence-electron chi connectivity index (χ2n) is 5.96. The summed E-state index contributed by atoms with van der Waals surface area (Å²) in [7, 11) is 1.63. The molecule has 2 N–H and O–H groups in total. The molecular formula is C19H26Cl2N4O4S. The molecule has 0 unspecified atom stereocenters. The lowest BCUT2D eigenvalue weighted by atomic mass is 10.2. The van der Waals surface area contributed by atoms with E-state index in [4.69, 9.17) is 32.7 Å². The van der Waals surface area contributed by atoms with Gasteiger partial charge in [0.1, 0.15) is 6.54 Å². The molecule has 0 aromatic heterocycles. The Kier molecular flexibility index (Phi) is 13.4. The van der Waals surface area contributed by atoms with E-state index >= 15 is 0 Å². The molecule has 1 aromatic rings. The van der Waals surface area contributed by atoms with Crippen LogP contribution in [0.15, 0.2) is 38.3 Å². The first-order chi connectivity index (χ1) is 14.4. The molecule has 11 heteroatoms. The molecule has 30 heavy (non-hydrogen) atoms. The number of nitrogens with zero attached hydrogens (tertiary/aromatic N) is 2. The van der Waals surface area contributed by atoms with E-state index in [0.29, 0.717) is 43.5 Å². The zero-order valence-electron chi connectivity index (χ0n) is 17.1. The first-order valence-corrected chi connectivity index (χ1v) is 10.6. The third-order valence-corrected chi connectivity index (χ3v) is 5.20. The van der Waals surface area contributed by atoms with Crippen molar-refractivity contribution in [1.29, 1.82) is 0 Å². The van der Waals surface area contributed by atoms with Gasteiger partial charge in [-0.05, 0) is 43.5 Å². The largest absolute Gasteiger partial charge is 0.382 e. The fraction of sp³-hybridized carbons (Fsp3) is 0.421. The monoisotopic (exact) mass is 476 g/mol. The zero-order chi connectivity index (χ0) is 22.4. The Morgan fingerprint density at radius 1 is 1.30 bits per heavy atom. The summed E-state index contributed by atoms with van der Waals surface area (Å²) in [6.07, 6.45) is 1.63. The number of anilines is 1. The van der Waals surface area contributed by atoms with Gasteiger partial charge in [0.15, 0.2) is 0 Å². The van der Waals surface area contributed by atoms with Crippen LogP contribution in [0.4, 0.5) is 5.69 Å². The molecule has 0 saturated heterocycles. The summed E-state index contributed by atoms with van der Waals surface area (Å²) in [5.74, 6) is -0.402. The third-order valence-electron chi connectivity index (χ3n) is 3.51. The van der Waals surface area contributed by atoms with E-state index in [1.165, 1.54) is 18.2 Å². The molecule has 0 saturated carbocycles. The van der Waals surface area contributed by atoms with E-state index in [1.54, 1.807) is 20.1 Å². The SMILES string of the molecule is COCCOCCNSc1cc(NC(=O)CN(C=O)/N=C\C(Cl)=C(/C)Cl)ccc1C. The van der Waals surface area contributed by atoms with Crippen LogP contribution in [0.1, 0.15) is 12.5 Å². The molecule has 166 valence electrons. The van der Waals surface area contributed by atoms with Gasteiger partial charge >= 0.3 is 0 Å². The minimum atomic E-state index is -0.402. The topological polar surface area (TPSA) is 92.3 Å². The Hall–Kier alpha value is -1.62. The van der Waals surface area contributed by atoms with E-state index < -0.39 is 5.91 Å². The van der Waals surface area contributed by atoms with Crippen molar-refractivity contribution in [3.63, 3.8) is 0 Å². The van der Waals surface area contributed by atoms with Crippen LogP contribution in [-0.4, -0.2) is 63.6 Å². The Morgan fingerprint density at radius 3 is 2.73 bits per heavy atom. The van der Waals surface area contributed by atoms with E-state index in [1.807, 2.05) is 19.1 Å². The van der Waals surface area contributed by atoms with Gasteiger partial charge < -0.3 is 14.8 Å². The molecule has 0 atom stereocenters. The number of hydrazone groups is 1. The number of allylic oxidation sites excluding steroid dienone is 2. The fourth-order valence-electron chi connectivity index (χ4n) is 1.94. The molecule has 8 nitrogen and oxygen atoms in total. The van der Waals surface area contributed by atoms with E-state index in [2.05, 4.69) is 15.1 Å². The maximum atomic E-state index is 12.2. The van der Waals surface area contributed by atoms with Crippen molar-refractivity contribution in [3.05, 3.63) is 33.8 Å². The van der Waals surface area contributed by atoms with Crippen LogP contribution in [-0.2, 0) is 19.1 Å². The highest BCUT2D eigenvalue weighted by atomic mass is 35.5. The van der Waals surface area contributed by atoms with Crippen molar-refractivity contribution in [2.75, 3.05) is 45.3 Å². The number of carbonyl (C=O) groups is 2. The van der Waals surface area contributed by atoms with Gasteiger partial charge in [-0.25, -0.2) is 5.01 Å². The molecule has 0 radical (unpaired) electrons. The average molecular weight is 477 g/mol. The van der Waals surface area contributed by atoms with E-state index in [0.717, 1.165) is 15.5 Å². The van der Waals surface area contributed by atoms with Crippen molar-refractivity contribution in [2.45, 2.75) is 18.7 Å². The second-order valence-corrected chi connectivity index (χ2v) is 7.87. The quantitative estimate of drug-likeness (QED) is 0.140. The number of hydrogen-bond donors (Lipinski definition) is 2. The normalized spacial score (nSPS) is 12.0. The molecule has 0 aliphatic rings. The van der Waals surface area contributed by atoms with Crippen LogP contribution in [0.5, 0.6) is 0 Å². The maximum absolute atomic E-state index is 12.2. The number of benzene rings is 1. The highest BCUT2D eigenvalue weighted by molar-refractivity contribution is 7.97. The Balaban J connectivity index is 2.56. The van der Waals surface area contributed by atoms with E-state index in [-0.39, 0.29) is 11.6 Å². The summed E-state index contributed by atoms with van der Waals surface area (Å²) in [4.78, 5) is 24.3. The van der Waals surface area contributed by atoms with Crippen molar-refractivity contribution in [3.8, 4) is 0 Å². The van der Waals surface area contributed by atoms with Crippen LogP contribution in [0.3, 0.4) is 0 Å². The molecule has 0 heterocycles. The van der Waals surface area contributed by atoms with E-state index in [9.17, 15) is 9.59 Å². The lowest BCUT2D eigenvalue weighted by molar-refractivity contribution is -0.125. The van der Waals surface area contributed by atoms with Crippen LogP contribution in [0.25, 0.3) is 0 Å². The minimum absolute atomic E-state index is 0.181. The summed E-state index contributed by atoms with van der Waals surface area (Å²) >= 11 is 13.0. The second kappa shape index (κ2) is 15.2. The van der Waals surface area contributed by atoms with Crippen LogP contribution < -0.4 is 10.0 Å². The lowest BCUT2D eigenvalue weighted by Crippen LogP contribution is -2.28. The van der Waals surface area contributed by atoms with Crippen LogP contribution in [0, 0.1) is 6.92 Å². The molecule has 2 amide bonds. The van der Waals surface area contributed by atoms with Crippen molar-refractivity contribution in [2.24, 2.45) is 5.10 Å². The lowest BCUT2D eigenvalue weighted by Gasteiger charge is -2.13. The Bertz CT molecular complexity index is 758. The molecule has 1 rings (SSSR count). The molecule has 0 spiro atoms. The number of hydrogen-bond acceptors (Lipinski definition) is 7. The number of methoxy groups -OCH3 is 1. The summed E-state index contributed by atoms with van der Waals surface area (Å²) in [6.45, 7) is 5.65. The molecule has 0 bridgehead atoms. The van der Waals surface area contributed by atoms with Crippen LogP contribution >= 0.6 is 35.1 Å². The number of aryl methyl sites for hydroxylation is 1. The first-order valence-electron chi connectivity index (χ1n) is 9.02. The third kappa shape index (κ3) is 11.0.